The molecule has 1 aliphatic rings. The Kier molecular flexibility index (Phi) is 11.7. The summed E-state index contributed by atoms with van der Waals surface area (Å²) in [4.78, 5) is 20.7. The average Bonchev–Trinajstić information content (AvgIpc) is 2.68. The molecule has 2 N–H and O–H groups in total. The number of benzene rings is 1. The molecule has 1 heterocycles. The summed E-state index contributed by atoms with van der Waals surface area (Å²) in [6.07, 6.45) is 3.06. The zero-order valence-corrected chi connectivity index (χ0v) is 21.6. The predicted octanol–water partition coefficient (Wildman–Crippen LogP) is 2.98. The molecule has 0 spiro atoms. The van der Waals surface area contributed by atoms with Crippen LogP contribution in [-0.4, -0.2) is 74.5 Å². The van der Waals surface area contributed by atoms with Crippen LogP contribution < -0.4 is 10.6 Å². The van der Waals surface area contributed by atoms with E-state index in [2.05, 4.69) is 66.6 Å². The Morgan fingerprint density at radius 1 is 1.20 bits per heavy atom. The van der Waals surface area contributed by atoms with Gasteiger partial charge in [0.2, 0.25) is 5.91 Å². The van der Waals surface area contributed by atoms with Crippen LogP contribution in [0.1, 0.15) is 39.2 Å². The molecule has 1 aromatic rings. The van der Waals surface area contributed by atoms with Crippen molar-refractivity contribution in [3.05, 3.63) is 35.9 Å². The second kappa shape index (κ2) is 13.1. The molecular weight excluding hydrogens is 489 g/mol. The molecule has 0 unspecified atom stereocenters. The first-order valence-corrected chi connectivity index (χ1v) is 10.8. The zero-order chi connectivity index (χ0) is 21.3. The highest BCUT2D eigenvalue weighted by molar-refractivity contribution is 14.0. The van der Waals surface area contributed by atoms with Crippen LogP contribution in [0, 0.1) is 5.41 Å². The number of likely N-dealkylation sites (N-methyl/N-ethyl adjacent to an activating group) is 1. The van der Waals surface area contributed by atoms with Gasteiger partial charge in [0.1, 0.15) is 0 Å². The van der Waals surface area contributed by atoms with Gasteiger partial charge in [0.25, 0.3) is 0 Å². The van der Waals surface area contributed by atoms with Crippen LogP contribution in [0.2, 0.25) is 0 Å². The van der Waals surface area contributed by atoms with E-state index in [1.54, 1.807) is 4.90 Å². The van der Waals surface area contributed by atoms with E-state index in [0.29, 0.717) is 12.6 Å². The molecule has 7 heteroatoms. The number of carbonyl (C=O) groups is 1. The minimum atomic E-state index is 0. The van der Waals surface area contributed by atoms with E-state index in [0.717, 1.165) is 51.4 Å². The van der Waals surface area contributed by atoms with Crippen molar-refractivity contribution in [1.29, 1.82) is 0 Å². The normalized spacial score (nSPS) is 16.0. The smallest absolute Gasteiger partial charge is 0.236 e. The molecule has 0 aromatic heterocycles. The number of hydrogen-bond acceptors (Lipinski definition) is 3. The molecule has 30 heavy (non-hydrogen) atoms. The first kappa shape index (κ1) is 26.7. The Morgan fingerprint density at radius 2 is 1.83 bits per heavy atom. The van der Waals surface area contributed by atoms with Crippen LogP contribution in [-0.2, 0) is 11.2 Å². The van der Waals surface area contributed by atoms with Crippen LogP contribution in [0.15, 0.2) is 35.3 Å². The lowest BCUT2D eigenvalue weighted by atomic mass is 9.86. The van der Waals surface area contributed by atoms with Gasteiger partial charge in [-0.3, -0.25) is 14.7 Å². The molecule has 0 saturated carbocycles. The highest BCUT2D eigenvalue weighted by Gasteiger charge is 2.23. The molecule has 1 saturated heterocycles. The summed E-state index contributed by atoms with van der Waals surface area (Å²) in [7, 11) is 3.63. The van der Waals surface area contributed by atoms with Crippen LogP contribution in [0.25, 0.3) is 0 Å². The minimum absolute atomic E-state index is 0. The molecular formula is C23H40IN5O. The molecule has 2 rings (SSSR count). The molecule has 0 atom stereocenters. The van der Waals surface area contributed by atoms with Crippen molar-refractivity contribution in [3.63, 3.8) is 0 Å². The first-order chi connectivity index (χ1) is 13.8. The number of carbonyl (C=O) groups excluding carboxylic acids is 1. The number of rotatable bonds is 8. The lowest BCUT2D eigenvalue weighted by molar-refractivity contribution is -0.130. The zero-order valence-electron chi connectivity index (χ0n) is 19.3. The van der Waals surface area contributed by atoms with Crippen molar-refractivity contribution in [2.75, 3.05) is 46.8 Å². The molecule has 1 aliphatic heterocycles. The highest BCUT2D eigenvalue weighted by Crippen LogP contribution is 2.22. The second-order valence-electron chi connectivity index (χ2n) is 9.00. The molecule has 0 aliphatic carbocycles. The standard InChI is InChI=1S/C23H39N5O.HI/c1-6-24-22(25-18-23(2,3)16-19-10-8-7-9-11-19)26-20-12-14-28(15-13-20)17-21(29)27(4)5;/h7-11,20H,6,12-18H2,1-5H3,(H2,24,25,26);1H. The van der Waals surface area contributed by atoms with Gasteiger partial charge in [0, 0.05) is 46.3 Å². The molecule has 1 aromatic carbocycles. The van der Waals surface area contributed by atoms with Gasteiger partial charge in [-0.1, -0.05) is 44.2 Å². The minimum Gasteiger partial charge on any atom is -0.357 e. The largest absolute Gasteiger partial charge is 0.357 e. The fourth-order valence-electron chi connectivity index (χ4n) is 3.58. The van der Waals surface area contributed by atoms with E-state index < -0.39 is 0 Å². The molecule has 0 bridgehead atoms. The van der Waals surface area contributed by atoms with E-state index in [1.807, 2.05) is 14.1 Å². The van der Waals surface area contributed by atoms with E-state index in [4.69, 9.17) is 4.99 Å². The Hall–Kier alpha value is -1.35. The Labute approximate surface area is 199 Å². The Balaban J connectivity index is 0.00000450. The SMILES string of the molecule is CCNC(=NCC(C)(C)Cc1ccccc1)NC1CCN(CC(=O)N(C)C)CC1.I. The Morgan fingerprint density at radius 3 is 2.40 bits per heavy atom. The number of nitrogens with one attached hydrogen (secondary N) is 2. The summed E-state index contributed by atoms with van der Waals surface area (Å²) in [5, 5.41) is 7.00. The fraction of sp³-hybridized carbons (Fsp3) is 0.652. The van der Waals surface area contributed by atoms with Gasteiger partial charge in [0.15, 0.2) is 5.96 Å². The summed E-state index contributed by atoms with van der Waals surface area (Å²) in [6, 6.07) is 11.0. The second-order valence-corrected chi connectivity index (χ2v) is 9.00. The van der Waals surface area contributed by atoms with Gasteiger partial charge in [-0.25, -0.2) is 0 Å². The van der Waals surface area contributed by atoms with Crippen molar-refractivity contribution in [2.45, 2.75) is 46.1 Å². The van der Waals surface area contributed by atoms with Crippen molar-refractivity contribution < 1.29 is 4.79 Å². The third kappa shape index (κ3) is 9.64. The number of halogens is 1. The first-order valence-electron chi connectivity index (χ1n) is 10.8. The topological polar surface area (TPSA) is 60.0 Å². The van der Waals surface area contributed by atoms with E-state index in [-0.39, 0.29) is 35.3 Å². The van der Waals surface area contributed by atoms with Gasteiger partial charge in [-0.2, -0.15) is 0 Å². The summed E-state index contributed by atoms with van der Waals surface area (Å²) >= 11 is 0. The average molecular weight is 530 g/mol. The summed E-state index contributed by atoms with van der Waals surface area (Å²) in [5.74, 6) is 1.07. The van der Waals surface area contributed by atoms with Gasteiger partial charge in [-0.15, -0.1) is 24.0 Å². The van der Waals surface area contributed by atoms with E-state index in [9.17, 15) is 4.79 Å². The maximum Gasteiger partial charge on any atom is 0.236 e. The van der Waals surface area contributed by atoms with Gasteiger partial charge in [0.05, 0.1) is 6.54 Å². The number of guanidine groups is 1. The lowest BCUT2D eigenvalue weighted by Crippen LogP contribution is -2.50. The summed E-state index contributed by atoms with van der Waals surface area (Å²) < 4.78 is 0. The molecule has 1 amide bonds. The molecule has 6 nitrogen and oxygen atoms in total. The summed E-state index contributed by atoms with van der Waals surface area (Å²) in [6.45, 7) is 10.7. The number of amides is 1. The molecule has 0 radical (unpaired) electrons. The molecule has 170 valence electrons. The van der Waals surface area contributed by atoms with Gasteiger partial charge >= 0.3 is 0 Å². The third-order valence-corrected chi connectivity index (χ3v) is 5.32. The van der Waals surface area contributed by atoms with Crippen LogP contribution >= 0.6 is 24.0 Å². The van der Waals surface area contributed by atoms with Gasteiger partial charge in [-0.05, 0) is 37.2 Å². The number of piperidine rings is 1. The maximum atomic E-state index is 11.9. The quantitative estimate of drug-likeness (QED) is 0.309. The fourth-order valence-corrected chi connectivity index (χ4v) is 3.58. The number of nitrogens with zero attached hydrogens (tertiary/aromatic N) is 3. The molecule has 1 fully saturated rings. The highest BCUT2D eigenvalue weighted by atomic mass is 127. The predicted molar refractivity (Wildman–Crippen MR) is 137 cm³/mol. The third-order valence-electron chi connectivity index (χ3n) is 5.32. The van der Waals surface area contributed by atoms with Crippen LogP contribution in [0.4, 0.5) is 0 Å². The van der Waals surface area contributed by atoms with E-state index >= 15 is 0 Å². The van der Waals surface area contributed by atoms with Crippen LogP contribution in [0.5, 0.6) is 0 Å². The lowest BCUT2D eigenvalue weighted by Gasteiger charge is -2.33. The Bertz CT molecular complexity index is 655. The van der Waals surface area contributed by atoms with Crippen LogP contribution in [0.3, 0.4) is 0 Å². The number of likely N-dealkylation sites (tertiary alicyclic amines) is 1. The summed E-state index contributed by atoms with van der Waals surface area (Å²) in [5.41, 5.74) is 1.45. The van der Waals surface area contributed by atoms with E-state index in [1.165, 1.54) is 5.56 Å². The monoisotopic (exact) mass is 529 g/mol. The van der Waals surface area contributed by atoms with Crippen molar-refractivity contribution >= 4 is 35.8 Å². The maximum absolute atomic E-state index is 11.9. The number of hydrogen-bond donors (Lipinski definition) is 2. The van der Waals surface area contributed by atoms with Crippen molar-refractivity contribution in [1.82, 2.24) is 20.4 Å². The number of aliphatic imine (C=N–C) groups is 1. The van der Waals surface area contributed by atoms with Gasteiger partial charge < -0.3 is 15.5 Å². The van der Waals surface area contributed by atoms with Crippen molar-refractivity contribution in [2.24, 2.45) is 10.4 Å². The van der Waals surface area contributed by atoms with Crippen molar-refractivity contribution in [3.8, 4) is 0 Å².